The molecule has 96 valence electrons. The predicted molar refractivity (Wildman–Crippen MR) is 70.0 cm³/mol. The van der Waals surface area contributed by atoms with E-state index in [1.54, 1.807) is 0 Å². The molecule has 0 spiro atoms. The third-order valence-corrected chi connectivity index (χ3v) is 4.27. The molecular weight excluding hydrogens is 272 g/mol. The number of hydrogen-bond acceptors (Lipinski definition) is 5. The van der Waals surface area contributed by atoms with E-state index in [0.29, 0.717) is 29.3 Å². The van der Waals surface area contributed by atoms with Crippen LogP contribution in [0.2, 0.25) is 5.28 Å². The minimum atomic E-state index is -1.09. The molecule has 7 heteroatoms. The number of fused-ring (bicyclic) bond motifs is 1. The summed E-state index contributed by atoms with van der Waals surface area (Å²) < 4.78 is 11.9. The first-order valence-electron chi connectivity index (χ1n) is 5.53. The maximum Gasteiger partial charge on any atom is 0.224 e. The molecule has 2 heterocycles. The SMILES string of the molecule is CC(C)(CC#N)Nc1nc(Cl)nc2c1[S@](=O)CC2. The summed E-state index contributed by atoms with van der Waals surface area (Å²) >= 11 is 5.86. The van der Waals surface area contributed by atoms with E-state index in [1.165, 1.54) is 0 Å². The van der Waals surface area contributed by atoms with E-state index in [4.69, 9.17) is 16.9 Å². The summed E-state index contributed by atoms with van der Waals surface area (Å²) in [7, 11) is -1.09. The van der Waals surface area contributed by atoms with Gasteiger partial charge in [-0.25, -0.2) is 4.98 Å². The van der Waals surface area contributed by atoms with Gasteiger partial charge in [-0.2, -0.15) is 10.2 Å². The van der Waals surface area contributed by atoms with Crippen LogP contribution in [0.25, 0.3) is 0 Å². The molecule has 0 saturated heterocycles. The zero-order valence-electron chi connectivity index (χ0n) is 10.2. The molecule has 18 heavy (non-hydrogen) atoms. The number of rotatable bonds is 3. The van der Waals surface area contributed by atoms with Crippen molar-refractivity contribution >= 4 is 28.2 Å². The minimum absolute atomic E-state index is 0.142. The van der Waals surface area contributed by atoms with Crippen molar-refractivity contribution in [3.05, 3.63) is 11.0 Å². The highest BCUT2D eigenvalue weighted by molar-refractivity contribution is 7.85. The first-order valence-corrected chi connectivity index (χ1v) is 7.22. The topological polar surface area (TPSA) is 78.7 Å². The van der Waals surface area contributed by atoms with Gasteiger partial charge in [-0.05, 0) is 25.4 Å². The molecule has 1 aliphatic heterocycles. The Morgan fingerprint density at radius 1 is 1.56 bits per heavy atom. The number of hydrogen-bond donors (Lipinski definition) is 1. The number of nitriles is 1. The maximum atomic E-state index is 11.9. The molecule has 1 aromatic rings. The second kappa shape index (κ2) is 4.82. The first kappa shape index (κ1) is 13.2. The average Bonchev–Trinajstić information content (AvgIpc) is 2.59. The van der Waals surface area contributed by atoms with E-state index in [0.717, 1.165) is 5.69 Å². The summed E-state index contributed by atoms with van der Waals surface area (Å²) in [6, 6.07) is 2.11. The molecule has 0 amide bonds. The Bertz CT molecular complexity index is 553. The van der Waals surface area contributed by atoms with E-state index in [2.05, 4.69) is 21.4 Å². The minimum Gasteiger partial charge on any atom is -0.363 e. The van der Waals surface area contributed by atoms with Crippen molar-refractivity contribution < 1.29 is 4.21 Å². The Morgan fingerprint density at radius 2 is 2.28 bits per heavy atom. The fraction of sp³-hybridized carbons (Fsp3) is 0.545. The Kier molecular flexibility index (Phi) is 3.55. The molecule has 1 atom stereocenters. The Hall–Kier alpha value is -1.19. The summed E-state index contributed by atoms with van der Waals surface area (Å²) in [5, 5.41) is 12.1. The zero-order valence-corrected chi connectivity index (χ0v) is 11.7. The van der Waals surface area contributed by atoms with Crippen LogP contribution in [0.4, 0.5) is 5.82 Å². The lowest BCUT2D eigenvalue weighted by molar-refractivity contribution is 0.576. The highest BCUT2D eigenvalue weighted by atomic mass is 35.5. The number of halogens is 1. The van der Waals surface area contributed by atoms with Gasteiger partial charge in [-0.15, -0.1) is 0 Å². The molecule has 0 fully saturated rings. The quantitative estimate of drug-likeness (QED) is 0.858. The lowest BCUT2D eigenvalue weighted by Gasteiger charge is -2.24. The first-order chi connectivity index (χ1) is 8.43. The fourth-order valence-electron chi connectivity index (χ4n) is 1.81. The molecule has 0 bridgehead atoms. The van der Waals surface area contributed by atoms with E-state index in [-0.39, 0.29) is 5.28 Å². The van der Waals surface area contributed by atoms with E-state index in [9.17, 15) is 4.21 Å². The smallest absolute Gasteiger partial charge is 0.224 e. The third kappa shape index (κ3) is 2.62. The van der Waals surface area contributed by atoms with Gasteiger partial charge in [0.05, 0.1) is 29.0 Å². The summed E-state index contributed by atoms with van der Waals surface area (Å²) in [6.07, 6.45) is 0.966. The van der Waals surface area contributed by atoms with Crippen LogP contribution >= 0.6 is 11.6 Å². The second-order valence-electron chi connectivity index (χ2n) is 4.76. The van der Waals surface area contributed by atoms with Gasteiger partial charge in [0.2, 0.25) is 5.28 Å². The molecule has 2 rings (SSSR count). The van der Waals surface area contributed by atoms with Crippen LogP contribution in [0.15, 0.2) is 4.90 Å². The summed E-state index contributed by atoms with van der Waals surface area (Å²) in [4.78, 5) is 8.83. The standard InChI is InChI=1S/C11H13ClN4OS/c1-11(2,4-5-13)16-9-8-7(3-6-18(8)17)14-10(12)15-9/h3-4,6H2,1-2H3,(H,14,15,16)/t18-/m1/s1. The van der Waals surface area contributed by atoms with E-state index >= 15 is 0 Å². The van der Waals surface area contributed by atoms with Crippen LogP contribution in [-0.4, -0.2) is 25.5 Å². The van der Waals surface area contributed by atoms with Gasteiger partial charge in [0, 0.05) is 17.7 Å². The van der Waals surface area contributed by atoms with Crippen molar-refractivity contribution in [1.82, 2.24) is 9.97 Å². The molecule has 1 aliphatic rings. The summed E-state index contributed by atoms with van der Waals surface area (Å²) in [5.74, 6) is 1.04. The van der Waals surface area contributed by atoms with Crippen LogP contribution in [0.5, 0.6) is 0 Å². The molecule has 0 radical (unpaired) electrons. The lowest BCUT2D eigenvalue weighted by Crippen LogP contribution is -2.31. The monoisotopic (exact) mass is 284 g/mol. The molecule has 1 N–H and O–H groups in total. The molecule has 0 aromatic carbocycles. The highest BCUT2D eigenvalue weighted by Crippen LogP contribution is 2.30. The number of nitrogens with zero attached hydrogens (tertiary/aromatic N) is 3. The highest BCUT2D eigenvalue weighted by Gasteiger charge is 2.28. The van der Waals surface area contributed by atoms with Gasteiger partial charge in [0.25, 0.3) is 0 Å². The molecule has 0 unspecified atom stereocenters. The number of anilines is 1. The lowest BCUT2D eigenvalue weighted by atomic mass is 10.0. The van der Waals surface area contributed by atoms with Crippen molar-refractivity contribution in [2.45, 2.75) is 37.1 Å². The van der Waals surface area contributed by atoms with Gasteiger partial charge in [-0.3, -0.25) is 4.21 Å². The zero-order chi connectivity index (χ0) is 13.3. The van der Waals surface area contributed by atoms with Crippen LogP contribution < -0.4 is 5.32 Å². The maximum absolute atomic E-state index is 11.9. The molecular formula is C11H13ClN4OS. The van der Waals surface area contributed by atoms with Gasteiger partial charge >= 0.3 is 0 Å². The third-order valence-electron chi connectivity index (χ3n) is 2.64. The van der Waals surface area contributed by atoms with Gasteiger partial charge < -0.3 is 5.32 Å². The Morgan fingerprint density at radius 3 is 2.94 bits per heavy atom. The van der Waals surface area contributed by atoms with Crippen molar-refractivity contribution in [2.24, 2.45) is 0 Å². The molecule has 1 aromatic heterocycles. The Balaban J connectivity index is 2.40. The second-order valence-corrected chi connectivity index (χ2v) is 6.61. The van der Waals surface area contributed by atoms with E-state index in [1.807, 2.05) is 13.8 Å². The van der Waals surface area contributed by atoms with Crippen molar-refractivity contribution in [1.29, 1.82) is 5.26 Å². The van der Waals surface area contributed by atoms with Gasteiger partial charge in [-0.1, -0.05) is 0 Å². The normalized spacial score (nSPS) is 18.2. The number of aromatic nitrogens is 2. The van der Waals surface area contributed by atoms with Crippen LogP contribution in [0.1, 0.15) is 26.0 Å². The molecule has 5 nitrogen and oxygen atoms in total. The number of aryl methyl sites for hydroxylation is 1. The van der Waals surface area contributed by atoms with Crippen LogP contribution in [-0.2, 0) is 17.2 Å². The summed E-state index contributed by atoms with van der Waals surface area (Å²) in [6.45, 7) is 3.77. The van der Waals surface area contributed by atoms with Crippen LogP contribution in [0, 0.1) is 11.3 Å². The largest absolute Gasteiger partial charge is 0.363 e. The van der Waals surface area contributed by atoms with Gasteiger partial charge in [0.1, 0.15) is 10.7 Å². The van der Waals surface area contributed by atoms with Gasteiger partial charge in [0.15, 0.2) is 0 Å². The fourth-order valence-corrected chi connectivity index (χ4v) is 3.31. The predicted octanol–water partition coefficient (Wildman–Crippen LogP) is 1.90. The van der Waals surface area contributed by atoms with Crippen molar-refractivity contribution in [2.75, 3.05) is 11.1 Å². The van der Waals surface area contributed by atoms with Crippen LogP contribution in [0.3, 0.4) is 0 Å². The molecule has 0 saturated carbocycles. The molecule has 0 aliphatic carbocycles. The summed E-state index contributed by atoms with van der Waals surface area (Å²) in [5.41, 5.74) is 0.288. The van der Waals surface area contributed by atoms with Crippen molar-refractivity contribution in [3.8, 4) is 6.07 Å². The van der Waals surface area contributed by atoms with Crippen molar-refractivity contribution in [3.63, 3.8) is 0 Å². The van der Waals surface area contributed by atoms with E-state index < -0.39 is 16.3 Å². The number of nitrogens with one attached hydrogen (secondary N) is 1. The Labute approximate surface area is 113 Å². The average molecular weight is 285 g/mol.